The normalized spacial score (nSPS) is 15.9. The second-order valence-electron chi connectivity index (χ2n) is 11.9. The number of pyridine rings is 1. The molecule has 1 aliphatic carbocycles. The number of hydrogen-bond donors (Lipinski definition) is 3. The summed E-state index contributed by atoms with van der Waals surface area (Å²) in [6, 6.07) is 6.28. The van der Waals surface area contributed by atoms with Crippen LogP contribution in [0.25, 0.3) is 21.6 Å². The molecule has 1 aliphatic heterocycles. The monoisotopic (exact) mass is 663 g/mol. The van der Waals surface area contributed by atoms with Gasteiger partial charge in [-0.3, -0.25) is 9.59 Å². The number of nitrogens with zero attached hydrogens (tertiary/aromatic N) is 3. The first kappa shape index (κ1) is 36.8. The summed E-state index contributed by atoms with van der Waals surface area (Å²) in [5.41, 5.74) is 1.44. The maximum Gasteiger partial charge on any atom is 0.329 e. The van der Waals surface area contributed by atoms with Gasteiger partial charge in [0.15, 0.2) is 5.43 Å². The van der Waals surface area contributed by atoms with Crippen molar-refractivity contribution in [2.75, 3.05) is 27.2 Å². The topological polar surface area (TPSA) is 145 Å². The number of aliphatic carboxylic acids is 1. The molecule has 2 aromatic heterocycles. The summed E-state index contributed by atoms with van der Waals surface area (Å²) in [5.74, 6) is -0.244. The van der Waals surface area contributed by atoms with Gasteiger partial charge in [0.25, 0.3) is 0 Å². The van der Waals surface area contributed by atoms with E-state index >= 15 is 0 Å². The summed E-state index contributed by atoms with van der Waals surface area (Å²) in [7, 11) is 3.35. The van der Waals surface area contributed by atoms with E-state index in [1.54, 1.807) is 53.5 Å². The second kappa shape index (κ2) is 16.8. The van der Waals surface area contributed by atoms with E-state index in [1.807, 2.05) is 17.5 Å². The zero-order valence-electron chi connectivity index (χ0n) is 27.6. The maximum atomic E-state index is 12.6. The molecular formula is C35H45N5O6S. The maximum absolute atomic E-state index is 12.6. The number of hydrogen-bond acceptors (Lipinski definition) is 7. The van der Waals surface area contributed by atoms with Gasteiger partial charge in [-0.25, -0.2) is 14.6 Å². The number of aromatic amines is 1. The number of likely N-dealkylation sites (tertiary alicyclic amines) is 1. The number of fused-ring (bicyclic) bond motifs is 1. The van der Waals surface area contributed by atoms with E-state index in [0.29, 0.717) is 43.7 Å². The number of carboxylic acids is 1. The number of aromatic nitrogens is 2. The lowest BCUT2D eigenvalue weighted by atomic mass is 10.1. The first-order valence-electron chi connectivity index (χ1n) is 15.7. The number of urea groups is 1. The van der Waals surface area contributed by atoms with Gasteiger partial charge >= 0.3 is 12.0 Å². The Kier molecular flexibility index (Phi) is 13.2. The Morgan fingerprint density at radius 1 is 1.28 bits per heavy atom. The van der Waals surface area contributed by atoms with Crippen molar-refractivity contribution in [2.45, 2.75) is 76.3 Å². The number of terminal acetylenes is 1. The number of carboxylic acid groups (broad SMARTS) is 1. The molecule has 0 spiro atoms. The van der Waals surface area contributed by atoms with Crippen molar-refractivity contribution in [2.24, 2.45) is 0 Å². The van der Waals surface area contributed by atoms with Gasteiger partial charge in [0.1, 0.15) is 22.3 Å². The van der Waals surface area contributed by atoms with E-state index in [2.05, 4.69) is 48.6 Å². The fraction of sp³-hybridized carbons (Fsp3) is 0.457. The number of benzene rings is 1. The fourth-order valence-corrected chi connectivity index (χ4v) is 6.16. The third kappa shape index (κ3) is 9.23. The molecular weight excluding hydrogens is 618 g/mol. The molecule has 3 amide bonds. The van der Waals surface area contributed by atoms with Crippen molar-refractivity contribution in [1.82, 2.24) is 25.1 Å². The lowest BCUT2D eigenvalue weighted by Gasteiger charge is -2.29. The minimum atomic E-state index is -1.11. The zero-order valence-corrected chi connectivity index (χ0v) is 28.4. The van der Waals surface area contributed by atoms with Gasteiger partial charge in [-0.15, -0.1) is 30.8 Å². The van der Waals surface area contributed by atoms with E-state index < -0.39 is 17.6 Å². The van der Waals surface area contributed by atoms with Crippen LogP contribution in [0.2, 0.25) is 0 Å². The van der Waals surface area contributed by atoms with Gasteiger partial charge < -0.3 is 29.9 Å². The number of amides is 3. The largest absolute Gasteiger partial charge is 0.497 e. The minimum Gasteiger partial charge on any atom is -0.497 e. The Balaban J connectivity index is 0.000000244. The predicted octanol–water partition coefficient (Wildman–Crippen LogP) is 5.63. The molecule has 2 aliphatic rings. The fourth-order valence-electron chi connectivity index (χ4n) is 5.21. The molecule has 2 fully saturated rings. The van der Waals surface area contributed by atoms with Gasteiger partial charge in [0, 0.05) is 43.0 Å². The number of nitrogens with one attached hydrogen (secondary N) is 2. The number of methoxy groups -OCH3 is 1. The first-order valence-corrected chi connectivity index (χ1v) is 16.6. The zero-order chi connectivity index (χ0) is 34.7. The highest BCUT2D eigenvalue weighted by molar-refractivity contribution is 7.13. The van der Waals surface area contributed by atoms with Crippen LogP contribution in [-0.2, 0) is 9.59 Å². The number of H-pyrrole nitrogens is 1. The Morgan fingerprint density at radius 3 is 2.60 bits per heavy atom. The predicted molar refractivity (Wildman–Crippen MR) is 186 cm³/mol. The Labute approximate surface area is 280 Å². The third-order valence-corrected chi connectivity index (χ3v) is 9.08. The first-order chi connectivity index (χ1) is 22.5. The Hall–Kier alpha value is -4.63. The van der Waals surface area contributed by atoms with Crippen LogP contribution in [0.5, 0.6) is 5.75 Å². The number of thiazole rings is 1. The third-order valence-electron chi connectivity index (χ3n) is 8.18. The summed E-state index contributed by atoms with van der Waals surface area (Å²) in [6.45, 7) is 9.06. The highest BCUT2D eigenvalue weighted by Crippen LogP contribution is 2.36. The molecule has 3 heterocycles. The van der Waals surface area contributed by atoms with Crippen molar-refractivity contribution in [3.63, 3.8) is 0 Å². The lowest BCUT2D eigenvalue weighted by molar-refractivity contribution is -0.143. The average molecular weight is 664 g/mol. The van der Waals surface area contributed by atoms with Crippen LogP contribution in [0.4, 0.5) is 4.79 Å². The molecule has 11 nitrogen and oxygen atoms in total. The van der Waals surface area contributed by atoms with Crippen LogP contribution in [0.15, 0.2) is 47.1 Å². The van der Waals surface area contributed by atoms with Crippen molar-refractivity contribution in [3.05, 3.63) is 58.2 Å². The summed E-state index contributed by atoms with van der Waals surface area (Å²) in [6.07, 6.45) is 14.9. The van der Waals surface area contributed by atoms with Crippen LogP contribution in [0.1, 0.15) is 70.4 Å². The van der Waals surface area contributed by atoms with Crippen LogP contribution < -0.4 is 15.5 Å². The van der Waals surface area contributed by atoms with Gasteiger partial charge in [0.05, 0.1) is 24.0 Å². The number of allylic oxidation sites excluding steroid dienone is 1. The van der Waals surface area contributed by atoms with E-state index in [4.69, 9.17) is 4.74 Å². The summed E-state index contributed by atoms with van der Waals surface area (Å²) in [5, 5.41) is 15.3. The molecule has 0 radical (unpaired) electrons. The Morgan fingerprint density at radius 2 is 2.00 bits per heavy atom. The minimum absolute atomic E-state index is 0.0114. The standard InChI is InChI=1S/C17H27N3O4.C16H16N2O2S.C2H2/c1-3-4-5-6-11-19(2)16(24)20-12-7-8-13(20)14(21)18-17(9-10-17)15(22)23;1-9(2)14-8-21-16(18-14)13-7-15(19)11-5-4-10(20-3)6-12(11)17-13;1-2/h3,13H,1,4-12H2,2H3,(H,18,21)(H,22,23);4-9H,1-3H3,(H,17,19);1-2H/t13-;;/m0../s1. The molecule has 0 bridgehead atoms. The molecule has 12 heteroatoms. The smallest absolute Gasteiger partial charge is 0.329 e. The van der Waals surface area contributed by atoms with Crippen LogP contribution >= 0.6 is 11.3 Å². The van der Waals surface area contributed by atoms with Crippen molar-refractivity contribution in [1.29, 1.82) is 0 Å². The molecule has 1 saturated carbocycles. The lowest BCUT2D eigenvalue weighted by Crippen LogP contribution is -2.54. The quantitative estimate of drug-likeness (QED) is 0.137. The molecule has 0 unspecified atom stereocenters. The molecule has 3 aromatic rings. The van der Waals surface area contributed by atoms with Crippen molar-refractivity contribution in [3.8, 4) is 29.3 Å². The highest BCUT2D eigenvalue weighted by atomic mass is 32.1. The second-order valence-corrected chi connectivity index (χ2v) is 12.8. The number of carbonyl (C=O) groups is 3. The van der Waals surface area contributed by atoms with E-state index in [9.17, 15) is 24.3 Å². The molecule has 3 N–H and O–H groups in total. The summed E-state index contributed by atoms with van der Waals surface area (Å²) < 4.78 is 5.21. The average Bonchev–Trinajstić information content (AvgIpc) is 3.44. The van der Waals surface area contributed by atoms with E-state index in [-0.39, 0.29) is 17.4 Å². The van der Waals surface area contributed by atoms with Crippen molar-refractivity contribution < 1.29 is 24.2 Å². The molecule has 1 aromatic carbocycles. The van der Waals surface area contributed by atoms with E-state index in [0.717, 1.165) is 53.3 Å². The van der Waals surface area contributed by atoms with Crippen LogP contribution in [0, 0.1) is 12.8 Å². The van der Waals surface area contributed by atoms with Crippen LogP contribution in [0.3, 0.4) is 0 Å². The highest BCUT2D eigenvalue weighted by Gasteiger charge is 2.53. The number of rotatable bonds is 11. The van der Waals surface area contributed by atoms with Crippen molar-refractivity contribution >= 4 is 40.1 Å². The number of ether oxygens (including phenoxy) is 1. The van der Waals surface area contributed by atoms with Crippen LogP contribution in [-0.4, -0.2) is 81.6 Å². The molecule has 252 valence electrons. The molecule has 47 heavy (non-hydrogen) atoms. The molecule has 1 atom stereocenters. The van der Waals surface area contributed by atoms with Gasteiger partial charge in [-0.1, -0.05) is 19.9 Å². The van der Waals surface area contributed by atoms with E-state index in [1.165, 1.54) is 0 Å². The number of carbonyl (C=O) groups excluding carboxylic acids is 2. The summed E-state index contributed by atoms with van der Waals surface area (Å²) in [4.78, 5) is 59.5. The summed E-state index contributed by atoms with van der Waals surface area (Å²) >= 11 is 1.55. The molecule has 5 rings (SSSR count). The van der Waals surface area contributed by atoms with Gasteiger partial charge in [-0.05, 0) is 63.0 Å². The number of unbranched alkanes of at least 4 members (excludes halogenated alkanes) is 2. The van der Waals surface area contributed by atoms with Gasteiger partial charge in [0.2, 0.25) is 5.91 Å². The molecule has 1 saturated heterocycles. The van der Waals surface area contributed by atoms with Gasteiger partial charge in [-0.2, -0.15) is 0 Å². The Bertz CT molecular complexity index is 1640. The SMILES string of the molecule is C#C.C=CCCCCN(C)C(=O)N1CCC[C@H]1C(=O)NC1(C(=O)O)CC1.COc1ccc2c(=O)cc(-c3nc(C(C)C)cs3)[nH]c2c1.